The fraction of sp³-hybridized carbons (Fsp3) is 0.138. The number of para-hydroxylation sites is 1. The number of hydrogen-bond acceptors (Lipinski definition) is 2. The Morgan fingerprint density at radius 3 is 0.881 bits per heavy atom. The molecule has 0 saturated carbocycles. The lowest BCUT2D eigenvalue weighted by molar-refractivity contribution is 0.660. The molecule has 2 heteroatoms. The Balaban J connectivity index is 0.864. The second-order valence-electron chi connectivity index (χ2n) is 20.2. The fourth-order valence-corrected chi connectivity index (χ4v) is 11.6. The number of rotatable bonds is 8. The molecule has 0 atom stereocenters. The van der Waals surface area contributed by atoms with E-state index in [4.69, 9.17) is 0 Å². The minimum absolute atomic E-state index is 0.0760. The van der Waals surface area contributed by atoms with Crippen molar-refractivity contribution in [3.8, 4) is 33.4 Å². The molecule has 9 aromatic rings. The van der Waals surface area contributed by atoms with E-state index in [1.54, 1.807) is 0 Å². The summed E-state index contributed by atoms with van der Waals surface area (Å²) >= 11 is 0. The molecule has 0 fully saturated rings. The lowest BCUT2D eigenvalue weighted by Crippen LogP contribution is -2.18. The molecule has 67 heavy (non-hydrogen) atoms. The summed E-state index contributed by atoms with van der Waals surface area (Å²) in [6.07, 6.45) is 4.45. The third-order valence-electron chi connectivity index (χ3n) is 15.3. The van der Waals surface area contributed by atoms with Crippen LogP contribution in [0.15, 0.2) is 206 Å². The molecule has 0 radical (unpaired) electrons. The van der Waals surface area contributed by atoms with Gasteiger partial charge in [-0.15, -0.1) is 0 Å². The van der Waals surface area contributed by atoms with E-state index < -0.39 is 0 Å². The molecule has 3 aliphatic carbocycles. The van der Waals surface area contributed by atoms with E-state index in [-0.39, 0.29) is 16.2 Å². The van der Waals surface area contributed by atoms with Crippen LogP contribution in [0.3, 0.4) is 0 Å². The summed E-state index contributed by atoms with van der Waals surface area (Å²) in [7, 11) is 0. The van der Waals surface area contributed by atoms with Crippen LogP contribution < -0.4 is 9.80 Å². The number of benzene rings is 9. The number of fused-ring (bicyclic) bond motifs is 9. The predicted molar refractivity (Wildman–Crippen MR) is 284 cm³/mol. The number of nitrogens with zero attached hydrogens (tertiary/aromatic N) is 2. The van der Waals surface area contributed by atoms with E-state index in [2.05, 4.69) is 270 Å². The second kappa shape index (κ2) is 15.2. The van der Waals surface area contributed by atoms with E-state index in [0.29, 0.717) is 0 Å². The molecule has 2 nitrogen and oxygen atoms in total. The van der Waals surface area contributed by atoms with Gasteiger partial charge in [-0.25, -0.2) is 0 Å². The zero-order valence-corrected chi connectivity index (χ0v) is 39.2. The smallest absolute Gasteiger partial charge is 0.0465 e. The van der Waals surface area contributed by atoms with Crippen LogP contribution in [-0.4, -0.2) is 0 Å². The largest absolute Gasteiger partial charge is 0.310 e. The Labute approximate surface area is 396 Å². The third kappa shape index (κ3) is 6.45. The van der Waals surface area contributed by atoms with Gasteiger partial charge in [0.15, 0.2) is 0 Å². The van der Waals surface area contributed by atoms with Crippen molar-refractivity contribution in [2.45, 2.75) is 57.8 Å². The minimum Gasteiger partial charge on any atom is -0.310 e. The summed E-state index contributed by atoms with van der Waals surface area (Å²) in [5.74, 6) is 0. The lowest BCUT2D eigenvalue weighted by atomic mass is 9.82. The maximum Gasteiger partial charge on any atom is 0.0465 e. The topological polar surface area (TPSA) is 6.48 Å². The van der Waals surface area contributed by atoms with Crippen molar-refractivity contribution in [2.24, 2.45) is 0 Å². The molecule has 0 saturated heterocycles. The Hall–Kier alpha value is -7.68. The summed E-state index contributed by atoms with van der Waals surface area (Å²) in [4.78, 5) is 4.82. The first kappa shape index (κ1) is 40.8. The van der Waals surface area contributed by atoms with Gasteiger partial charge in [-0.2, -0.15) is 0 Å². The normalized spacial score (nSPS) is 15.0. The molecule has 0 aliphatic heterocycles. The van der Waals surface area contributed by atoms with Gasteiger partial charge in [0.25, 0.3) is 0 Å². The fourth-order valence-electron chi connectivity index (χ4n) is 11.6. The molecule has 0 bridgehead atoms. The van der Waals surface area contributed by atoms with Crippen LogP contribution in [-0.2, 0) is 16.2 Å². The van der Waals surface area contributed by atoms with Gasteiger partial charge in [0.2, 0.25) is 0 Å². The van der Waals surface area contributed by atoms with Crippen molar-refractivity contribution in [3.63, 3.8) is 0 Å². The van der Waals surface area contributed by atoms with Crippen molar-refractivity contribution in [3.05, 3.63) is 251 Å². The summed E-state index contributed by atoms with van der Waals surface area (Å²) in [6.45, 7) is 14.2. The first-order chi connectivity index (χ1) is 32.5. The van der Waals surface area contributed by atoms with Gasteiger partial charge in [0.1, 0.15) is 0 Å². The highest BCUT2D eigenvalue weighted by atomic mass is 15.1. The summed E-state index contributed by atoms with van der Waals surface area (Å²) in [5, 5.41) is 0. The van der Waals surface area contributed by atoms with Crippen molar-refractivity contribution in [2.75, 3.05) is 9.80 Å². The lowest BCUT2D eigenvalue weighted by Gasteiger charge is -2.29. The highest BCUT2D eigenvalue weighted by molar-refractivity contribution is 5.90. The van der Waals surface area contributed by atoms with Crippen LogP contribution in [0.2, 0.25) is 0 Å². The molecule has 324 valence electrons. The van der Waals surface area contributed by atoms with E-state index in [9.17, 15) is 0 Å². The predicted octanol–water partition coefficient (Wildman–Crippen LogP) is 17.7. The quantitative estimate of drug-likeness (QED) is 0.140. The molecule has 0 unspecified atom stereocenters. The van der Waals surface area contributed by atoms with Crippen LogP contribution in [0.1, 0.15) is 86.1 Å². The van der Waals surface area contributed by atoms with Gasteiger partial charge in [-0.05, 0) is 151 Å². The molecular formula is C65H54N2. The first-order valence-electron chi connectivity index (χ1n) is 23.8. The molecule has 9 aromatic carbocycles. The summed E-state index contributed by atoms with van der Waals surface area (Å²) < 4.78 is 0. The first-order valence-corrected chi connectivity index (χ1v) is 23.8. The van der Waals surface area contributed by atoms with Gasteiger partial charge < -0.3 is 9.80 Å². The van der Waals surface area contributed by atoms with Gasteiger partial charge >= 0.3 is 0 Å². The highest BCUT2D eigenvalue weighted by Crippen LogP contribution is 2.54. The summed E-state index contributed by atoms with van der Waals surface area (Å²) in [6, 6.07) is 76.5. The molecule has 0 spiro atoms. The Kier molecular flexibility index (Phi) is 9.25. The molecule has 0 heterocycles. The van der Waals surface area contributed by atoms with E-state index in [0.717, 1.165) is 45.3 Å². The standard InChI is InChI=1S/C65H54N2/c1-63(2)57-21-13-10-18-51(57)54-37-34-48(40-60(54)63)66(45-16-8-7-9-17-45)46-30-26-43(27-31-46)24-25-44-28-32-47(33-29-44)67(49-35-38-55-52-19-11-14-22-58(52)64(3,4)61(55)41-49)50-36-39-56-53-20-12-15-23-59(53)65(5,6)62(56)42-50/h7-42H,1-6H3. The van der Waals surface area contributed by atoms with Crippen molar-refractivity contribution >= 4 is 46.3 Å². The van der Waals surface area contributed by atoms with Crippen molar-refractivity contribution in [1.29, 1.82) is 0 Å². The third-order valence-corrected chi connectivity index (χ3v) is 15.3. The molecule has 0 amide bonds. The van der Waals surface area contributed by atoms with Crippen molar-refractivity contribution in [1.82, 2.24) is 0 Å². The number of hydrogen-bond donors (Lipinski definition) is 0. The van der Waals surface area contributed by atoms with Gasteiger partial charge in [0.05, 0.1) is 0 Å². The van der Waals surface area contributed by atoms with E-state index >= 15 is 0 Å². The number of anilines is 6. The van der Waals surface area contributed by atoms with Crippen LogP contribution in [0.25, 0.3) is 45.5 Å². The van der Waals surface area contributed by atoms with Gasteiger partial charge in [0, 0.05) is 50.4 Å². The molecular weight excluding hydrogens is 809 g/mol. The van der Waals surface area contributed by atoms with Crippen LogP contribution >= 0.6 is 0 Å². The van der Waals surface area contributed by atoms with Gasteiger partial charge in [-0.3, -0.25) is 0 Å². The monoisotopic (exact) mass is 862 g/mol. The molecule has 0 aromatic heterocycles. The Bertz CT molecular complexity index is 3320. The average molecular weight is 863 g/mol. The molecule has 0 N–H and O–H groups in total. The maximum atomic E-state index is 2.45. The summed E-state index contributed by atoms with van der Waals surface area (Å²) in [5.41, 5.74) is 25.2. The van der Waals surface area contributed by atoms with Crippen molar-refractivity contribution < 1.29 is 0 Å². The molecule has 3 aliphatic rings. The van der Waals surface area contributed by atoms with E-state index in [1.807, 2.05) is 0 Å². The average Bonchev–Trinajstić information content (AvgIpc) is 3.84. The Morgan fingerprint density at radius 1 is 0.254 bits per heavy atom. The zero-order chi connectivity index (χ0) is 45.7. The maximum absolute atomic E-state index is 2.45. The second-order valence-corrected chi connectivity index (χ2v) is 20.2. The molecule has 12 rings (SSSR count). The van der Waals surface area contributed by atoms with Crippen LogP contribution in [0.4, 0.5) is 34.1 Å². The SMILES string of the molecule is CC1(C)c2ccccc2-c2ccc(N(c3ccccc3)c3ccc(C=Cc4ccc(N(c5ccc6c(c5)C(C)(C)c5ccccc5-6)c5ccc6c(c5)C(C)(C)c5ccccc5-6)cc4)cc3)cc21. The Morgan fingerprint density at radius 2 is 0.522 bits per heavy atom. The van der Waals surface area contributed by atoms with Crippen LogP contribution in [0, 0.1) is 0 Å². The van der Waals surface area contributed by atoms with Gasteiger partial charge in [-0.1, -0.05) is 187 Å². The van der Waals surface area contributed by atoms with E-state index in [1.165, 1.54) is 66.8 Å². The highest BCUT2D eigenvalue weighted by Gasteiger charge is 2.38. The minimum atomic E-state index is -0.103. The zero-order valence-electron chi connectivity index (χ0n) is 39.2. The van der Waals surface area contributed by atoms with Crippen LogP contribution in [0.5, 0.6) is 0 Å².